The third-order valence-electron chi connectivity index (χ3n) is 2.91. The number of amides is 1. The molecule has 0 saturated carbocycles. The number of hydrogen-bond acceptors (Lipinski definition) is 6. The lowest BCUT2D eigenvalue weighted by molar-refractivity contribution is 0.0446. The van der Waals surface area contributed by atoms with Gasteiger partial charge in [0.2, 0.25) is 0 Å². The van der Waals surface area contributed by atoms with Gasteiger partial charge in [0.15, 0.2) is 5.69 Å². The van der Waals surface area contributed by atoms with Gasteiger partial charge in [0.1, 0.15) is 0 Å². The number of aryl methyl sites for hydroxylation is 1. The van der Waals surface area contributed by atoms with E-state index in [0.29, 0.717) is 11.4 Å². The number of methoxy groups -OCH3 is 1. The molecule has 18 heavy (non-hydrogen) atoms. The number of aromatic nitrogens is 2. The zero-order chi connectivity index (χ0) is 12.3. The number of nitrogens with one attached hydrogen (secondary N) is 2. The van der Waals surface area contributed by atoms with Crippen LogP contribution in [0.2, 0.25) is 0 Å². The number of ether oxygens (including phenoxy) is 1. The van der Waals surface area contributed by atoms with E-state index in [1.807, 2.05) is 0 Å². The Morgan fingerprint density at radius 2 is 2.33 bits per heavy atom. The Labute approximate surface area is 116 Å². The molecule has 2 heterocycles. The van der Waals surface area contributed by atoms with Crippen molar-refractivity contribution in [2.45, 2.75) is 25.5 Å². The Balaban J connectivity index is 0.00000162. The van der Waals surface area contributed by atoms with E-state index in [-0.39, 0.29) is 30.5 Å². The zero-order valence-corrected chi connectivity index (χ0v) is 11.9. The molecule has 0 aliphatic carbocycles. The first-order valence-electron chi connectivity index (χ1n) is 5.56. The summed E-state index contributed by atoms with van der Waals surface area (Å²) in [5.74, 6) is -0.174. The molecule has 102 valence electrons. The third-order valence-corrected chi connectivity index (χ3v) is 3.53. The van der Waals surface area contributed by atoms with Gasteiger partial charge in [-0.1, -0.05) is 0 Å². The summed E-state index contributed by atoms with van der Waals surface area (Å²) in [5.41, 5.74) is 1.08. The van der Waals surface area contributed by atoms with Crippen LogP contribution in [0.4, 0.5) is 0 Å². The molecule has 1 fully saturated rings. The molecular formula is C10H17ClN4O2S. The van der Waals surface area contributed by atoms with Crippen LogP contribution in [-0.2, 0) is 4.74 Å². The lowest BCUT2D eigenvalue weighted by atomic mass is 10.0. The third kappa shape index (κ3) is 3.38. The van der Waals surface area contributed by atoms with Gasteiger partial charge in [-0.2, -0.15) is 8.75 Å². The minimum atomic E-state index is -0.174. The molecule has 1 aliphatic rings. The summed E-state index contributed by atoms with van der Waals surface area (Å²) < 4.78 is 13.3. The van der Waals surface area contributed by atoms with Crippen molar-refractivity contribution in [2.75, 3.05) is 20.2 Å². The molecule has 6 nitrogen and oxygen atoms in total. The summed E-state index contributed by atoms with van der Waals surface area (Å²) in [7, 11) is 1.67. The largest absolute Gasteiger partial charge is 0.379 e. The van der Waals surface area contributed by atoms with E-state index in [9.17, 15) is 4.79 Å². The van der Waals surface area contributed by atoms with Gasteiger partial charge in [0.05, 0.1) is 29.6 Å². The molecule has 1 amide bonds. The second-order valence-corrected chi connectivity index (χ2v) is 4.57. The predicted molar refractivity (Wildman–Crippen MR) is 71.4 cm³/mol. The molecule has 0 unspecified atom stereocenters. The second-order valence-electron chi connectivity index (χ2n) is 4.05. The lowest BCUT2D eigenvalue weighted by Gasteiger charge is -2.31. The van der Waals surface area contributed by atoms with Crippen LogP contribution >= 0.6 is 24.1 Å². The minimum Gasteiger partial charge on any atom is -0.379 e. The number of piperidine rings is 1. The number of rotatable bonds is 3. The van der Waals surface area contributed by atoms with E-state index in [2.05, 4.69) is 19.4 Å². The molecule has 1 aliphatic heterocycles. The first-order valence-corrected chi connectivity index (χ1v) is 6.29. The van der Waals surface area contributed by atoms with Crippen LogP contribution in [0.3, 0.4) is 0 Å². The average molecular weight is 293 g/mol. The Kier molecular flexibility index (Phi) is 5.94. The molecule has 2 rings (SSSR count). The van der Waals surface area contributed by atoms with Gasteiger partial charge in [0, 0.05) is 13.7 Å². The monoisotopic (exact) mass is 292 g/mol. The second kappa shape index (κ2) is 6.98. The molecule has 1 aromatic rings. The highest BCUT2D eigenvalue weighted by Gasteiger charge is 2.27. The number of halogens is 1. The van der Waals surface area contributed by atoms with Gasteiger partial charge >= 0.3 is 0 Å². The van der Waals surface area contributed by atoms with Crippen molar-refractivity contribution in [3.8, 4) is 0 Å². The fraction of sp³-hybridized carbons (Fsp3) is 0.700. The maximum absolute atomic E-state index is 12.0. The zero-order valence-electron chi connectivity index (χ0n) is 10.3. The highest BCUT2D eigenvalue weighted by molar-refractivity contribution is 6.99. The molecule has 0 bridgehead atoms. The highest BCUT2D eigenvalue weighted by Crippen LogP contribution is 2.09. The molecule has 0 spiro atoms. The first kappa shape index (κ1) is 15.3. The summed E-state index contributed by atoms with van der Waals surface area (Å²) in [6.07, 6.45) is 0.961. The Morgan fingerprint density at radius 3 is 2.94 bits per heavy atom. The Bertz CT molecular complexity index is 401. The van der Waals surface area contributed by atoms with E-state index >= 15 is 0 Å². The van der Waals surface area contributed by atoms with E-state index in [1.165, 1.54) is 0 Å². The fourth-order valence-corrected chi connectivity index (χ4v) is 2.48. The SMILES string of the molecule is CO[C@@H]1CCNC[C@@H]1NC(=O)c1nsnc1C.Cl. The van der Waals surface area contributed by atoms with E-state index in [0.717, 1.165) is 31.2 Å². The van der Waals surface area contributed by atoms with Crippen molar-refractivity contribution >= 4 is 30.0 Å². The molecular weight excluding hydrogens is 276 g/mol. The van der Waals surface area contributed by atoms with Gasteiger partial charge in [-0.05, 0) is 19.9 Å². The van der Waals surface area contributed by atoms with E-state index in [4.69, 9.17) is 4.74 Å². The maximum atomic E-state index is 12.0. The molecule has 0 aromatic carbocycles. The highest BCUT2D eigenvalue weighted by atomic mass is 35.5. The van der Waals surface area contributed by atoms with Crippen LogP contribution in [0.15, 0.2) is 0 Å². The minimum absolute atomic E-state index is 0. The summed E-state index contributed by atoms with van der Waals surface area (Å²) in [6, 6.07) is -0.0117. The van der Waals surface area contributed by atoms with Gasteiger partial charge < -0.3 is 15.4 Å². The maximum Gasteiger partial charge on any atom is 0.273 e. The average Bonchev–Trinajstić information content (AvgIpc) is 2.76. The number of carbonyl (C=O) groups is 1. The van der Waals surface area contributed by atoms with Crippen LogP contribution in [0.1, 0.15) is 22.6 Å². The smallest absolute Gasteiger partial charge is 0.273 e. The van der Waals surface area contributed by atoms with Crippen LogP contribution in [-0.4, -0.2) is 47.0 Å². The van der Waals surface area contributed by atoms with Gasteiger partial charge in [-0.25, -0.2) is 0 Å². The molecule has 8 heteroatoms. The summed E-state index contributed by atoms with van der Waals surface area (Å²) in [4.78, 5) is 12.0. The normalized spacial score (nSPS) is 23.2. The van der Waals surface area contributed by atoms with Gasteiger partial charge in [-0.3, -0.25) is 4.79 Å². The van der Waals surface area contributed by atoms with Crippen molar-refractivity contribution in [1.82, 2.24) is 19.4 Å². The van der Waals surface area contributed by atoms with Crippen molar-refractivity contribution < 1.29 is 9.53 Å². The van der Waals surface area contributed by atoms with E-state index in [1.54, 1.807) is 14.0 Å². The molecule has 2 N–H and O–H groups in total. The summed E-state index contributed by atoms with van der Waals surface area (Å²) >= 11 is 1.06. The van der Waals surface area contributed by atoms with Crippen LogP contribution in [0.5, 0.6) is 0 Å². The van der Waals surface area contributed by atoms with Crippen LogP contribution < -0.4 is 10.6 Å². The topological polar surface area (TPSA) is 76.1 Å². The number of carbonyl (C=O) groups excluding carboxylic acids is 1. The van der Waals surface area contributed by atoms with Gasteiger partial charge in [0.25, 0.3) is 5.91 Å². The summed E-state index contributed by atoms with van der Waals surface area (Å²) in [5, 5.41) is 6.18. The predicted octanol–water partition coefficient (Wildman–Crippen LogP) is 0.375. The van der Waals surface area contributed by atoms with Crippen LogP contribution in [0, 0.1) is 6.92 Å². The molecule has 2 atom stereocenters. The van der Waals surface area contributed by atoms with Crippen molar-refractivity contribution in [1.29, 1.82) is 0 Å². The standard InChI is InChI=1S/C10H16N4O2S.ClH/c1-6-9(14-17-13-6)10(15)12-7-5-11-4-3-8(7)16-2;/h7-8,11H,3-5H2,1-2H3,(H,12,15);1H/t7-,8+;/m0./s1. The van der Waals surface area contributed by atoms with Crippen molar-refractivity contribution in [3.63, 3.8) is 0 Å². The Hall–Kier alpha value is -0.760. The molecule has 1 saturated heterocycles. The molecule has 0 radical (unpaired) electrons. The fourth-order valence-electron chi connectivity index (χ4n) is 1.93. The molecule has 1 aromatic heterocycles. The lowest BCUT2D eigenvalue weighted by Crippen LogP contribution is -2.54. The van der Waals surface area contributed by atoms with Crippen molar-refractivity contribution in [3.05, 3.63) is 11.4 Å². The Morgan fingerprint density at radius 1 is 1.56 bits per heavy atom. The summed E-state index contributed by atoms with van der Waals surface area (Å²) in [6.45, 7) is 3.42. The quantitative estimate of drug-likeness (QED) is 0.842. The van der Waals surface area contributed by atoms with Crippen LogP contribution in [0.25, 0.3) is 0 Å². The van der Waals surface area contributed by atoms with Gasteiger partial charge in [-0.15, -0.1) is 12.4 Å². The number of hydrogen-bond donors (Lipinski definition) is 2. The van der Waals surface area contributed by atoms with E-state index < -0.39 is 0 Å². The first-order chi connectivity index (χ1) is 8.22. The number of nitrogens with zero attached hydrogens (tertiary/aromatic N) is 2. The van der Waals surface area contributed by atoms with Crippen molar-refractivity contribution in [2.24, 2.45) is 0 Å².